The van der Waals surface area contributed by atoms with Gasteiger partial charge in [-0.3, -0.25) is 14.4 Å². The zero-order chi connectivity index (χ0) is 30.9. The molecule has 4 aromatic rings. The number of rotatable bonds is 4. The second-order valence-corrected chi connectivity index (χ2v) is 11.9. The number of carbonyl (C=O) groups excluding carboxylic acids is 2. The molecule has 2 unspecified atom stereocenters. The van der Waals surface area contributed by atoms with Crippen LogP contribution in [0.1, 0.15) is 46.1 Å². The summed E-state index contributed by atoms with van der Waals surface area (Å²) in [5, 5.41) is 8.06. The van der Waals surface area contributed by atoms with Gasteiger partial charge in [0.1, 0.15) is 29.5 Å². The quantitative estimate of drug-likeness (QED) is 0.299. The Kier molecular flexibility index (Phi) is 8.34. The average Bonchev–Trinajstić information content (AvgIpc) is 3.61. The van der Waals surface area contributed by atoms with Crippen molar-refractivity contribution in [1.29, 1.82) is 0 Å². The molecular weight excluding hydrogens is 551 g/mol. The topological polar surface area (TPSA) is 111 Å². The van der Waals surface area contributed by atoms with Crippen LogP contribution in [0.25, 0.3) is 21.9 Å². The molecule has 4 heterocycles. The predicted octanol–water partition coefficient (Wildman–Crippen LogP) is 6.28. The van der Waals surface area contributed by atoms with Crippen molar-refractivity contribution in [3.8, 4) is 17.0 Å². The van der Waals surface area contributed by atoms with Crippen LogP contribution in [0.3, 0.4) is 0 Å². The second-order valence-electron chi connectivity index (χ2n) is 11.9. The molecule has 1 fully saturated rings. The van der Waals surface area contributed by atoms with Gasteiger partial charge in [-0.2, -0.15) is 5.10 Å². The molecular formula is C32H37FN6O4. The molecule has 0 spiro atoms. The third kappa shape index (κ3) is 6.76. The largest absolute Gasteiger partial charge is 0.474 e. The standard InChI is InChI=1S/C28H31FN4O4.C4H6N2/c1-6-16-9-19(16)25(34)32-23-12-17-10-20(22(29)11-18(17)13-30-23)21-14-31-26-24(15(21)2)33(7-8-36-26)27(35)37-28(3,4)5;1-6-4-2-3-5-6/h10-14,16,19H,6-9H2,1-5H3,(H,30,32,34);2-4H,1H3. The summed E-state index contributed by atoms with van der Waals surface area (Å²) in [5.74, 6) is 0.731. The summed E-state index contributed by atoms with van der Waals surface area (Å²) in [6, 6.07) is 6.76. The van der Waals surface area contributed by atoms with Crippen LogP contribution < -0.4 is 15.0 Å². The minimum Gasteiger partial charge on any atom is -0.474 e. The molecule has 6 rings (SSSR count). The molecule has 1 aromatic carbocycles. The molecule has 0 radical (unpaired) electrons. The van der Waals surface area contributed by atoms with Gasteiger partial charge in [-0.05, 0) is 75.2 Å². The van der Waals surface area contributed by atoms with E-state index in [1.54, 1.807) is 56.2 Å². The van der Waals surface area contributed by atoms with Gasteiger partial charge in [0.15, 0.2) is 0 Å². The van der Waals surface area contributed by atoms with Crippen molar-refractivity contribution >= 4 is 34.3 Å². The number of ether oxygens (including phenoxy) is 2. The molecule has 2 atom stereocenters. The first-order chi connectivity index (χ1) is 20.4. The Hall–Kier alpha value is -4.54. The van der Waals surface area contributed by atoms with E-state index in [1.807, 2.05) is 26.2 Å². The van der Waals surface area contributed by atoms with E-state index in [2.05, 4.69) is 27.3 Å². The Morgan fingerprint density at radius 3 is 2.56 bits per heavy atom. The molecule has 11 heteroatoms. The summed E-state index contributed by atoms with van der Waals surface area (Å²) < 4.78 is 28.4. The van der Waals surface area contributed by atoms with Crippen molar-refractivity contribution in [2.75, 3.05) is 23.4 Å². The maximum atomic E-state index is 15.3. The highest BCUT2D eigenvalue weighted by molar-refractivity contribution is 5.97. The summed E-state index contributed by atoms with van der Waals surface area (Å²) in [6.45, 7) is 9.87. The summed E-state index contributed by atoms with van der Waals surface area (Å²) >= 11 is 0. The number of carbonyl (C=O) groups is 2. The third-order valence-electron chi connectivity index (χ3n) is 7.48. The Bertz CT molecular complexity index is 1650. The van der Waals surface area contributed by atoms with Crippen molar-refractivity contribution in [1.82, 2.24) is 19.7 Å². The Morgan fingerprint density at radius 1 is 1.14 bits per heavy atom. The van der Waals surface area contributed by atoms with E-state index in [-0.39, 0.29) is 18.4 Å². The summed E-state index contributed by atoms with van der Waals surface area (Å²) in [5.41, 5.74) is 1.30. The predicted molar refractivity (Wildman–Crippen MR) is 162 cm³/mol. The average molecular weight is 589 g/mol. The molecule has 10 nitrogen and oxygen atoms in total. The van der Waals surface area contributed by atoms with E-state index in [1.165, 1.54) is 11.0 Å². The van der Waals surface area contributed by atoms with Crippen LogP contribution in [0, 0.1) is 24.6 Å². The van der Waals surface area contributed by atoms with Crippen LogP contribution in [0.15, 0.2) is 49.1 Å². The van der Waals surface area contributed by atoms with Crippen LogP contribution in [-0.4, -0.2) is 50.5 Å². The first kappa shape index (κ1) is 29.9. The van der Waals surface area contributed by atoms with Gasteiger partial charge in [0, 0.05) is 54.3 Å². The number of aromatic nitrogens is 4. The minimum absolute atomic E-state index is 0.0296. The molecule has 1 saturated carbocycles. The van der Waals surface area contributed by atoms with E-state index in [9.17, 15) is 9.59 Å². The number of anilines is 2. The first-order valence-electron chi connectivity index (χ1n) is 14.4. The number of benzene rings is 1. The van der Waals surface area contributed by atoms with Crippen LogP contribution in [0.5, 0.6) is 5.88 Å². The third-order valence-corrected chi connectivity index (χ3v) is 7.48. The number of amides is 2. The van der Waals surface area contributed by atoms with Crippen molar-refractivity contribution in [2.24, 2.45) is 18.9 Å². The summed E-state index contributed by atoms with van der Waals surface area (Å²) in [7, 11) is 1.89. The number of nitrogens with zero attached hydrogens (tertiary/aromatic N) is 5. The van der Waals surface area contributed by atoms with Gasteiger partial charge in [-0.15, -0.1) is 0 Å². The van der Waals surface area contributed by atoms with Gasteiger partial charge in [0.05, 0.1) is 6.54 Å². The lowest BCUT2D eigenvalue weighted by atomic mass is 9.98. The van der Waals surface area contributed by atoms with Crippen molar-refractivity contribution in [3.05, 3.63) is 60.4 Å². The molecule has 0 bridgehead atoms. The first-order valence-corrected chi connectivity index (χ1v) is 14.4. The van der Waals surface area contributed by atoms with Gasteiger partial charge in [-0.25, -0.2) is 19.2 Å². The monoisotopic (exact) mass is 588 g/mol. The van der Waals surface area contributed by atoms with Crippen molar-refractivity contribution in [2.45, 2.75) is 53.1 Å². The van der Waals surface area contributed by atoms with E-state index >= 15 is 4.39 Å². The zero-order valence-corrected chi connectivity index (χ0v) is 25.3. The molecule has 43 heavy (non-hydrogen) atoms. The van der Waals surface area contributed by atoms with E-state index in [4.69, 9.17) is 9.47 Å². The fourth-order valence-electron chi connectivity index (χ4n) is 5.13. The number of aryl methyl sites for hydroxylation is 1. The lowest BCUT2D eigenvalue weighted by Gasteiger charge is -2.32. The van der Waals surface area contributed by atoms with Gasteiger partial charge < -0.3 is 14.8 Å². The Balaban J connectivity index is 0.000000548. The molecule has 2 aliphatic rings. The molecule has 2 amide bonds. The van der Waals surface area contributed by atoms with E-state index in [0.29, 0.717) is 51.9 Å². The highest BCUT2D eigenvalue weighted by atomic mass is 19.1. The highest BCUT2D eigenvalue weighted by Gasteiger charge is 2.41. The lowest BCUT2D eigenvalue weighted by molar-refractivity contribution is -0.117. The highest BCUT2D eigenvalue weighted by Crippen LogP contribution is 2.42. The SMILES string of the molecule is CCC1CC1C(=O)Nc1cc2cc(-c3cnc4c(c3C)N(C(=O)OC(C)(C)C)CCO4)c(F)cc2cn1.Cn1cccn1. The van der Waals surface area contributed by atoms with E-state index in [0.717, 1.165) is 18.2 Å². The number of hydrogen-bond donors (Lipinski definition) is 1. The second kappa shape index (κ2) is 12.0. The van der Waals surface area contributed by atoms with Crippen LogP contribution in [0.4, 0.5) is 20.7 Å². The smallest absolute Gasteiger partial charge is 0.415 e. The molecule has 1 aliphatic carbocycles. The number of pyridine rings is 2. The number of hydrogen-bond acceptors (Lipinski definition) is 7. The van der Waals surface area contributed by atoms with E-state index < -0.39 is 17.5 Å². The number of fused-ring (bicyclic) bond motifs is 2. The van der Waals surface area contributed by atoms with Crippen LogP contribution in [-0.2, 0) is 16.6 Å². The maximum absolute atomic E-state index is 15.3. The Morgan fingerprint density at radius 2 is 1.93 bits per heavy atom. The fraction of sp³-hybridized carbons (Fsp3) is 0.406. The lowest BCUT2D eigenvalue weighted by Crippen LogP contribution is -2.42. The molecule has 3 aromatic heterocycles. The Labute approximate surface area is 250 Å². The maximum Gasteiger partial charge on any atom is 0.415 e. The molecule has 226 valence electrons. The fourth-order valence-corrected chi connectivity index (χ4v) is 5.13. The molecule has 0 saturated heterocycles. The van der Waals surface area contributed by atoms with Gasteiger partial charge in [0.25, 0.3) is 0 Å². The van der Waals surface area contributed by atoms with Gasteiger partial charge >= 0.3 is 6.09 Å². The number of nitrogens with one attached hydrogen (secondary N) is 1. The summed E-state index contributed by atoms with van der Waals surface area (Å²) in [6.07, 6.45) is 8.12. The van der Waals surface area contributed by atoms with Crippen molar-refractivity contribution < 1.29 is 23.5 Å². The van der Waals surface area contributed by atoms with Gasteiger partial charge in [0.2, 0.25) is 11.8 Å². The normalized spacial score (nSPS) is 17.3. The zero-order valence-electron chi connectivity index (χ0n) is 25.3. The number of halogens is 1. The van der Waals surface area contributed by atoms with Gasteiger partial charge in [-0.1, -0.05) is 13.3 Å². The van der Waals surface area contributed by atoms with Crippen LogP contribution in [0.2, 0.25) is 0 Å². The summed E-state index contributed by atoms with van der Waals surface area (Å²) in [4.78, 5) is 35.6. The molecule has 1 aliphatic heterocycles. The van der Waals surface area contributed by atoms with Crippen molar-refractivity contribution in [3.63, 3.8) is 0 Å². The minimum atomic E-state index is -0.670. The molecule has 1 N–H and O–H groups in total. The van der Waals surface area contributed by atoms with Crippen LogP contribution >= 0.6 is 0 Å².